The number of rotatable bonds is 2. The second-order valence-corrected chi connectivity index (χ2v) is 4.25. The second kappa shape index (κ2) is 4.64. The molecule has 15 heavy (non-hydrogen) atoms. The molecule has 1 N–H and O–H groups in total. The van der Waals surface area contributed by atoms with Gasteiger partial charge in [0.15, 0.2) is 0 Å². The minimum atomic E-state index is 0.345. The van der Waals surface area contributed by atoms with Crippen LogP contribution < -0.4 is 0 Å². The predicted octanol–water partition coefficient (Wildman–Crippen LogP) is 1.14. The topological polar surface area (TPSA) is 26.7 Å². The summed E-state index contributed by atoms with van der Waals surface area (Å²) in [5.74, 6) is 0.345. The summed E-state index contributed by atoms with van der Waals surface area (Å²) in [6, 6.07) is 7.50. The van der Waals surface area contributed by atoms with E-state index in [-0.39, 0.29) is 0 Å². The molecule has 0 saturated carbocycles. The minimum absolute atomic E-state index is 0.345. The Morgan fingerprint density at radius 3 is 2.27 bits per heavy atom. The molecule has 1 heterocycles. The quantitative estimate of drug-likeness (QED) is 0.786. The molecule has 0 spiro atoms. The van der Waals surface area contributed by atoms with Crippen molar-refractivity contribution in [3.8, 4) is 5.75 Å². The molecule has 0 aromatic heterocycles. The summed E-state index contributed by atoms with van der Waals surface area (Å²) in [6.07, 6.45) is 0. The number of benzene rings is 1. The Balaban J connectivity index is 1.89. The molecule has 2 rings (SSSR count). The van der Waals surface area contributed by atoms with Crippen molar-refractivity contribution in [2.45, 2.75) is 6.54 Å². The molecule has 3 heteroatoms. The summed E-state index contributed by atoms with van der Waals surface area (Å²) in [5.41, 5.74) is 1.28. The molecule has 0 aliphatic carbocycles. The van der Waals surface area contributed by atoms with Crippen LogP contribution in [0.4, 0.5) is 0 Å². The van der Waals surface area contributed by atoms with Gasteiger partial charge in [0, 0.05) is 32.7 Å². The Labute approximate surface area is 90.9 Å². The van der Waals surface area contributed by atoms with Gasteiger partial charge >= 0.3 is 0 Å². The van der Waals surface area contributed by atoms with Gasteiger partial charge in [0.2, 0.25) is 0 Å². The Hall–Kier alpha value is -1.06. The highest BCUT2D eigenvalue weighted by Gasteiger charge is 2.13. The van der Waals surface area contributed by atoms with Gasteiger partial charge in [-0.05, 0) is 24.7 Å². The highest BCUT2D eigenvalue weighted by molar-refractivity contribution is 5.25. The highest BCUT2D eigenvalue weighted by atomic mass is 16.3. The second-order valence-electron chi connectivity index (χ2n) is 4.25. The molecule has 1 aliphatic heterocycles. The van der Waals surface area contributed by atoms with Crippen molar-refractivity contribution in [3.05, 3.63) is 29.8 Å². The van der Waals surface area contributed by atoms with E-state index in [1.165, 1.54) is 5.56 Å². The van der Waals surface area contributed by atoms with Crippen LogP contribution in [-0.2, 0) is 6.54 Å². The summed E-state index contributed by atoms with van der Waals surface area (Å²) in [5, 5.41) is 9.18. The van der Waals surface area contributed by atoms with Crippen LogP contribution in [0.15, 0.2) is 24.3 Å². The molecule has 0 bridgehead atoms. The number of nitrogens with zero attached hydrogens (tertiary/aromatic N) is 2. The van der Waals surface area contributed by atoms with Gasteiger partial charge in [-0.15, -0.1) is 0 Å². The maximum Gasteiger partial charge on any atom is 0.115 e. The van der Waals surface area contributed by atoms with E-state index >= 15 is 0 Å². The van der Waals surface area contributed by atoms with E-state index in [9.17, 15) is 5.11 Å². The van der Waals surface area contributed by atoms with Gasteiger partial charge in [-0.1, -0.05) is 12.1 Å². The molecule has 0 amide bonds. The van der Waals surface area contributed by atoms with Crippen LogP contribution in [0.5, 0.6) is 5.75 Å². The lowest BCUT2D eigenvalue weighted by molar-refractivity contribution is 0.148. The van der Waals surface area contributed by atoms with Crippen molar-refractivity contribution in [1.82, 2.24) is 9.80 Å². The number of hydrogen-bond acceptors (Lipinski definition) is 3. The molecule has 1 fully saturated rings. The van der Waals surface area contributed by atoms with Crippen molar-refractivity contribution in [1.29, 1.82) is 0 Å². The lowest BCUT2D eigenvalue weighted by Crippen LogP contribution is -2.43. The SMILES string of the molecule is CN1CCN(Cc2ccc(O)cc2)CC1. The van der Waals surface area contributed by atoms with E-state index in [1.807, 2.05) is 12.1 Å². The van der Waals surface area contributed by atoms with Gasteiger partial charge in [-0.3, -0.25) is 4.90 Å². The number of piperazine rings is 1. The Bertz CT molecular complexity index is 302. The zero-order chi connectivity index (χ0) is 10.7. The van der Waals surface area contributed by atoms with E-state index in [1.54, 1.807) is 12.1 Å². The fourth-order valence-electron chi connectivity index (χ4n) is 1.87. The lowest BCUT2D eigenvalue weighted by atomic mass is 10.2. The largest absolute Gasteiger partial charge is 0.508 e. The molecule has 1 aliphatic rings. The maximum atomic E-state index is 9.18. The normalized spacial score (nSPS) is 19.3. The van der Waals surface area contributed by atoms with Crippen molar-refractivity contribution in [3.63, 3.8) is 0 Å². The maximum absolute atomic E-state index is 9.18. The fourth-order valence-corrected chi connectivity index (χ4v) is 1.87. The Kier molecular flexibility index (Phi) is 3.23. The molecule has 3 nitrogen and oxygen atoms in total. The van der Waals surface area contributed by atoms with Crippen LogP contribution >= 0.6 is 0 Å². The van der Waals surface area contributed by atoms with Crippen LogP contribution in [0.1, 0.15) is 5.56 Å². The van der Waals surface area contributed by atoms with Gasteiger partial charge in [0.25, 0.3) is 0 Å². The molecule has 0 unspecified atom stereocenters. The van der Waals surface area contributed by atoms with Crippen molar-refractivity contribution < 1.29 is 5.11 Å². The first-order valence-corrected chi connectivity index (χ1v) is 5.43. The first-order valence-electron chi connectivity index (χ1n) is 5.43. The van der Waals surface area contributed by atoms with Crippen LogP contribution in [-0.4, -0.2) is 48.1 Å². The molecule has 0 atom stereocenters. The minimum Gasteiger partial charge on any atom is -0.508 e. The fraction of sp³-hybridized carbons (Fsp3) is 0.500. The lowest BCUT2D eigenvalue weighted by Gasteiger charge is -2.32. The molecule has 1 aromatic rings. The molecule has 82 valence electrons. The molecular weight excluding hydrogens is 188 g/mol. The average Bonchev–Trinajstić information content (AvgIpc) is 2.25. The van der Waals surface area contributed by atoms with E-state index in [4.69, 9.17) is 0 Å². The van der Waals surface area contributed by atoms with Crippen LogP contribution in [0.2, 0.25) is 0 Å². The zero-order valence-electron chi connectivity index (χ0n) is 9.19. The molecular formula is C12H18N2O. The Morgan fingerprint density at radius 2 is 1.67 bits per heavy atom. The van der Waals surface area contributed by atoms with Crippen molar-refractivity contribution in [2.75, 3.05) is 33.2 Å². The number of hydrogen-bond donors (Lipinski definition) is 1. The third-order valence-corrected chi connectivity index (χ3v) is 2.94. The first-order chi connectivity index (χ1) is 7.24. The monoisotopic (exact) mass is 206 g/mol. The van der Waals surface area contributed by atoms with E-state index < -0.39 is 0 Å². The first kappa shape index (κ1) is 10.5. The average molecular weight is 206 g/mol. The standard InChI is InChI=1S/C12H18N2O/c1-13-6-8-14(9-7-13)10-11-2-4-12(15)5-3-11/h2-5,15H,6-10H2,1H3. The van der Waals surface area contributed by atoms with Gasteiger partial charge in [-0.25, -0.2) is 0 Å². The third-order valence-electron chi connectivity index (χ3n) is 2.94. The summed E-state index contributed by atoms with van der Waals surface area (Å²) < 4.78 is 0. The summed E-state index contributed by atoms with van der Waals surface area (Å²) >= 11 is 0. The molecule has 1 aromatic carbocycles. The van der Waals surface area contributed by atoms with Crippen LogP contribution in [0.25, 0.3) is 0 Å². The number of likely N-dealkylation sites (N-methyl/N-ethyl adjacent to an activating group) is 1. The number of aromatic hydroxyl groups is 1. The van der Waals surface area contributed by atoms with Gasteiger partial charge < -0.3 is 10.0 Å². The van der Waals surface area contributed by atoms with Crippen molar-refractivity contribution >= 4 is 0 Å². The summed E-state index contributed by atoms with van der Waals surface area (Å²) in [4.78, 5) is 4.81. The predicted molar refractivity (Wildman–Crippen MR) is 60.9 cm³/mol. The Morgan fingerprint density at radius 1 is 1.07 bits per heavy atom. The molecule has 0 radical (unpaired) electrons. The van der Waals surface area contributed by atoms with E-state index in [0.717, 1.165) is 32.7 Å². The third kappa shape index (κ3) is 2.94. The summed E-state index contributed by atoms with van der Waals surface area (Å²) in [7, 11) is 2.16. The van der Waals surface area contributed by atoms with Gasteiger partial charge in [-0.2, -0.15) is 0 Å². The van der Waals surface area contributed by atoms with Crippen LogP contribution in [0, 0.1) is 0 Å². The van der Waals surface area contributed by atoms with Gasteiger partial charge in [0.1, 0.15) is 5.75 Å². The van der Waals surface area contributed by atoms with Crippen LogP contribution in [0.3, 0.4) is 0 Å². The summed E-state index contributed by atoms with van der Waals surface area (Å²) in [6.45, 7) is 5.57. The number of phenols is 1. The van der Waals surface area contributed by atoms with E-state index in [2.05, 4.69) is 16.8 Å². The van der Waals surface area contributed by atoms with Crippen molar-refractivity contribution in [2.24, 2.45) is 0 Å². The molecule has 1 saturated heterocycles. The highest BCUT2D eigenvalue weighted by Crippen LogP contribution is 2.12. The van der Waals surface area contributed by atoms with E-state index in [0.29, 0.717) is 5.75 Å². The smallest absolute Gasteiger partial charge is 0.115 e. The van der Waals surface area contributed by atoms with Gasteiger partial charge in [0.05, 0.1) is 0 Å². The number of phenolic OH excluding ortho intramolecular Hbond substituents is 1. The zero-order valence-corrected chi connectivity index (χ0v) is 9.19.